The summed E-state index contributed by atoms with van der Waals surface area (Å²) in [6, 6.07) is -3.99. The molecule has 15 heavy (non-hydrogen) atoms. The molecule has 1 aliphatic heterocycles. The van der Waals surface area contributed by atoms with Crippen LogP contribution in [0.1, 0.15) is 6.92 Å². The molecular formula is C8H10F4N2O. The van der Waals surface area contributed by atoms with Crippen LogP contribution in [0.3, 0.4) is 0 Å². The molecule has 0 aromatic rings. The van der Waals surface area contributed by atoms with Crippen LogP contribution in [0.5, 0.6) is 0 Å². The third-order valence-corrected chi connectivity index (χ3v) is 2.28. The Kier molecular flexibility index (Phi) is 3.33. The molecule has 1 aliphatic rings. The second-order valence-corrected chi connectivity index (χ2v) is 3.04. The highest BCUT2D eigenvalue weighted by molar-refractivity contribution is 5.89. The Morgan fingerprint density at radius 3 is 2.40 bits per heavy atom. The van der Waals surface area contributed by atoms with Crippen molar-refractivity contribution in [2.75, 3.05) is 13.6 Å². The van der Waals surface area contributed by atoms with Crippen molar-refractivity contribution in [3.05, 3.63) is 11.5 Å². The maximum absolute atomic E-state index is 13.2. The second kappa shape index (κ2) is 4.18. The van der Waals surface area contributed by atoms with Crippen LogP contribution in [0, 0.1) is 0 Å². The van der Waals surface area contributed by atoms with Gasteiger partial charge in [0, 0.05) is 13.6 Å². The maximum Gasteiger partial charge on any atom is 0.334 e. The number of hydrogen-bond donors (Lipinski definition) is 0. The summed E-state index contributed by atoms with van der Waals surface area (Å²) in [6.07, 6.45) is -3.02. The van der Waals surface area contributed by atoms with Crippen molar-refractivity contribution in [3.8, 4) is 0 Å². The Hall–Kier alpha value is -1.11. The fourth-order valence-corrected chi connectivity index (χ4v) is 1.61. The normalized spacial score (nSPS) is 23.1. The third kappa shape index (κ3) is 1.83. The average molecular weight is 226 g/mol. The number of alkyl halides is 2. The Bertz CT molecular complexity index is 305. The molecule has 0 saturated heterocycles. The van der Waals surface area contributed by atoms with Crippen LogP contribution in [-0.4, -0.2) is 42.1 Å². The van der Waals surface area contributed by atoms with Crippen LogP contribution in [0.4, 0.5) is 17.6 Å². The second-order valence-electron chi connectivity index (χ2n) is 3.04. The molecule has 0 amide bonds. The molecule has 7 heteroatoms. The number of halogens is 4. The van der Waals surface area contributed by atoms with Gasteiger partial charge in [0.15, 0.2) is 0 Å². The minimum atomic E-state index is -3.02. The van der Waals surface area contributed by atoms with Crippen molar-refractivity contribution in [1.82, 2.24) is 10.0 Å². The van der Waals surface area contributed by atoms with E-state index in [2.05, 4.69) is 0 Å². The first-order valence-corrected chi connectivity index (χ1v) is 4.29. The fourth-order valence-electron chi connectivity index (χ4n) is 1.61. The van der Waals surface area contributed by atoms with Crippen LogP contribution in [0.25, 0.3) is 0 Å². The molecule has 0 bridgehead atoms. The number of nitrogens with zero attached hydrogens (tertiary/aromatic N) is 2. The maximum atomic E-state index is 13.2. The van der Waals surface area contributed by atoms with Gasteiger partial charge < -0.3 is 0 Å². The third-order valence-electron chi connectivity index (χ3n) is 2.28. The summed E-state index contributed by atoms with van der Waals surface area (Å²) in [5.74, 6) is -1.25. The van der Waals surface area contributed by atoms with Crippen molar-refractivity contribution < 1.29 is 22.4 Å². The van der Waals surface area contributed by atoms with Crippen LogP contribution < -0.4 is 0 Å². The van der Waals surface area contributed by atoms with E-state index in [-0.39, 0.29) is 6.54 Å². The van der Waals surface area contributed by atoms with E-state index in [1.165, 1.54) is 6.92 Å². The van der Waals surface area contributed by atoms with Gasteiger partial charge in [-0.2, -0.15) is 8.78 Å². The number of likely N-dealkylation sites (N-methyl/N-ethyl adjacent to an activating group) is 1. The zero-order valence-electron chi connectivity index (χ0n) is 8.18. The first-order valence-electron chi connectivity index (χ1n) is 4.29. The molecule has 1 unspecified atom stereocenters. The van der Waals surface area contributed by atoms with Gasteiger partial charge in [-0.25, -0.2) is 13.8 Å². The van der Waals surface area contributed by atoms with E-state index < -0.39 is 30.0 Å². The first kappa shape index (κ1) is 12.0. The summed E-state index contributed by atoms with van der Waals surface area (Å²) in [6.45, 7) is 1.56. The molecule has 0 spiro atoms. The molecule has 0 aliphatic carbocycles. The molecule has 0 radical (unpaired) electrons. The van der Waals surface area contributed by atoms with Gasteiger partial charge in [0.1, 0.15) is 11.6 Å². The highest BCUT2D eigenvalue weighted by Gasteiger charge is 2.45. The lowest BCUT2D eigenvalue weighted by atomic mass is 10.1. The summed E-state index contributed by atoms with van der Waals surface area (Å²) in [5, 5.41) is 1.62. The van der Waals surface area contributed by atoms with Crippen LogP contribution in [-0.2, 0) is 4.79 Å². The van der Waals surface area contributed by atoms with Crippen molar-refractivity contribution in [2.45, 2.75) is 19.4 Å². The number of rotatable bonds is 3. The number of carbonyl (C=O) groups excluding carboxylic acids is 1. The molecule has 0 aromatic carbocycles. The molecule has 1 rings (SSSR count). The van der Waals surface area contributed by atoms with Crippen molar-refractivity contribution >= 4 is 6.04 Å². The predicted octanol–water partition coefficient (Wildman–Crippen LogP) is 1.48. The molecule has 1 heterocycles. The van der Waals surface area contributed by atoms with Gasteiger partial charge in [-0.15, -0.1) is 0 Å². The molecule has 1 atom stereocenters. The van der Waals surface area contributed by atoms with E-state index in [1.807, 2.05) is 0 Å². The van der Waals surface area contributed by atoms with Crippen molar-refractivity contribution in [3.63, 3.8) is 0 Å². The standard InChI is InChI=1S/C8H10F4N2O/c1-3-14-5(6(9)10)4(8(12)15)7(11)13(14)2/h5-6H,3H2,1-2H3. The zero-order valence-corrected chi connectivity index (χ0v) is 8.18. The van der Waals surface area contributed by atoms with Crippen LogP contribution in [0.15, 0.2) is 11.5 Å². The average Bonchev–Trinajstić information content (AvgIpc) is 2.39. The summed E-state index contributed by atoms with van der Waals surface area (Å²) in [5.41, 5.74) is -1.10. The topological polar surface area (TPSA) is 23.6 Å². The minimum Gasteiger partial charge on any atom is -0.283 e. The minimum absolute atomic E-state index is 0.0513. The van der Waals surface area contributed by atoms with E-state index in [0.717, 1.165) is 17.1 Å². The number of hydrogen-bond acceptors (Lipinski definition) is 3. The van der Waals surface area contributed by atoms with Gasteiger partial charge in [-0.05, 0) is 0 Å². The molecule has 86 valence electrons. The van der Waals surface area contributed by atoms with Gasteiger partial charge in [-0.1, -0.05) is 6.92 Å². The quantitative estimate of drug-likeness (QED) is 0.413. The summed E-state index contributed by atoms with van der Waals surface area (Å²) in [7, 11) is 1.16. The van der Waals surface area contributed by atoms with Gasteiger partial charge in [-0.3, -0.25) is 9.80 Å². The van der Waals surface area contributed by atoms with E-state index in [1.54, 1.807) is 0 Å². The lowest BCUT2D eigenvalue weighted by Gasteiger charge is -2.29. The highest BCUT2D eigenvalue weighted by atomic mass is 19.3. The van der Waals surface area contributed by atoms with Crippen LogP contribution >= 0.6 is 0 Å². The Labute approximate surface area is 83.9 Å². The van der Waals surface area contributed by atoms with Crippen molar-refractivity contribution in [1.29, 1.82) is 0 Å². The lowest BCUT2D eigenvalue weighted by Crippen LogP contribution is -2.44. The van der Waals surface area contributed by atoms with E-state index in [0.29, 0.717) is 0 Å². The summed E-state index contributed by atoms with van der Waals surface area (Å²) in [4.78, 5) is 10.4. The molecule has 3 nitrogen and oxygen atoms in total. The van der Waals surface area contributed by atoms with Gasteiger partial charge in [0.25, 0.3) is 6.43 Å². The number of carbonyl (C=O) groups is 1. The zero-order chi connectivity index (χ0) is 11.7. The molecule has 0 fully saturated rings. The fraction of sp³-hybridized carbons (Fsp3) is 0.625. The number of hydrazine groups is 1. The molecule has 0 aromatic heterocycles. The van der Waals surface area contributed by atoms with Gasteiger partial charge in [0.05, 0.1) is 0 Å². The van der Waals surface area contributed by atoms with E-state index in [4.69, 9.17) is 0 Å². The Morgan fingerprint density at radius 2 is 2.07 bits per heavy atom. The Morgan fingerprint density at radius 1 is 1.53 bits per heavy atom. The van der Waals surface area contributed by atoms with E-state index >= 15 is 0 Å². The smallest absolute Gasteiger partial charge is 0.283 e. The summed E-state index contributed by atoms with van der Waals surface area (Å²) >= 11 is 0. The first-order chi connectivity index (χ1) is 6.91. The summed E-state index contributed by atoms with van der Waals surface area (Å²) < 4.78 is 50.8. The monoisotopic (exact) mass is 226 g/mol. The van der Waals surface area contributed by atoms with Gasteiger partial charge >= 0.3 is 6.04 Å². The Balaban J connectivity index is 3.13. The molecule has 0 N–H and O–H groups in total. The highest BCUT2D eigenvalue weighted by Crippen LogP contribution is 2.33. The SMILES string of the molecule is CCN1C(C(F)F)C(C(=O)F)=C(F)N1C. The van der Waals surface area contributed by atoms with Gasteiger partial charge in [0.2, 0.25) is 5.95 Å². The van der Waals surface area contributed by atoms with E-state index in [9.17, 15) is 22.4 Å². The largest absolute Gasteiger partial charge is 0.334 e. The predicted molar refractivity (Wildman–Crippen MR) is 44.2 cm³/mol. The molecular weight excluding hydrogens is 216 g/mol. The lowest BCUT2D eigenvalue weighted by molar-refractivity contribution is -0.126. The molecule has 0 saturated carbocycles. The van der Waals surface area contributed by atoms with Crippen molar-refractivity contribution in [2.24, 2.45) is 0 Å². The van der Waals surface area contributed by atoms with Crippen LogP contribution in [0.2, 0.25) is 0 Å².